The number of hydrogen-bond donors (Lipinski definition) is 1. The van der Waals surface area contributed by atoms with Crippen molar-refractivity contribution in [2.45, 2.75) is 0 Å². The minimum atomic E-state index is -2.63. The van der Waals surface area contributed by atoms with E-state index in [0.29, 0.717) is 0 Å². The molecule has 0 rings (SSSR count). The van der Waals surface area contributed by atoms with Gasteiger partial charge in [-0.3, -0.25) is 0 Å². The molecule has 0 aliphatic rings. The van der Waals surface area contributed by atoms with Gasteiger partial charge in [0.05, 0.1) is 13.2 Å². The van der Waals surface area contributed by atoms with Crippen LogP contribution in [0.1, 0.15) is 0 Å². The van der Waals surface area contributed by atoms with E-state index in [1.54, 1.807) is 0 Å². The summed E-state index contributed by atoms with van der Waals surface area (Å²) in [5.74, 6) is 0. The number of hydrogen-bond acceptors (Lipinski definition) is 4. The van der Waals surface area contributed by atoms with Gasteiger partial charge >= 0.3 is 8.80 Å². The molecule has 0 saturated heterocycles. The zero-order chi connectivity index (χ0) is 8.74. The minimum Gasteiger partial charge on any atom is -0.394 e. The van der Waals surface area contributed by atoms with E-state index in [0.717, 1.165) is 0 Å². The number of rotatable bonds is 6. The van der Waals surface area contributed by atoms with Gasteiger partial charge < -0.3 is 18.4 Å². The highest BCUT2D eigenvalue weighted by molar-refractivity contribution is 6.66. The third kappa shape index (κ3) is 3.13. The Kier molecular flexibility index (Phi) is 5.35. The minimum absolute atomic E-state index is 0.0463. The molecule has 0 aromatic rings. The Bertz CT molecular complexity index is 113. The van der Waals surface area contributed by atoms with E-state index in [1.807, 2.05) is 0 Å². The van der Waals surface area contributed by atoms with Crippen molar-refractivity contribution in [3.05, 3.63) is 12.3 Å². The van der Waals surface area contributed by atoms with Crippen molar-refractivity contribution in [2.24, 2.45) is 0 Å². The third-order valence-corrected chi connectivity index (χ3v) is 3.46. The fraction of sp³-hybridized carbons (Fsp3) is 0.667. The predicted molar refractivity (Wildman–Crippen MR) is 43.0 cm³/mol. The van der Waals surface area contributed by atoms with E-state index in [-0.39, 0.29) is 13.2 Å². The lowest BCUT2D eigenvalue weighted by Gasteiger charge is -2.21. The molecule has 0 unspecified atom stereocenters. The van der Waals surface area contributed by atoms with Gasteiger partial charge in [0.15, 0.2) is 0 Å². The zero-order valence-electron chi connectivity index (χ0n) is 6.87. The highest BCUT2D eigenvalue weighted by Gasteiger charge is 2.34. The number of aliphatic hydroxyl groups is 1. The molecular formula is C6H14O4Si. The van der Waals surface area contributed by atoms with Gasteiger partial charge in [-0.2, -0.15) is 0 Å². The molecule has 0 spiro atoms. The molecule has 0 bridgehead atoms. The lowest BCUT2D eigenvalue weighted by molar-refractivity contribution is 0.0901. The molecule has 66 valence electrons. The Morgan fingerprint density at radius 3 is 2.27 bits per heavy atom. The molecule has 0 heterocycles. The Balaban J connectivity index is 3.94. The van der Waals surface area contributed by atoms with E-state index >= 15 is 0 Å². The van der Waals surface area contributed by atoms with Crippen LogP contribution in [0.15, 0.2) is 12.3 Å². The van der Waals surface area contributed by atoms with Crippen LogP contribution >= 0.6 is 0 Å². The zero-order valence-corrected chi connectivity index (χ0v) is 7.87. The van der Waals surface area contributed by atoms with Gasteiger partial charge in [-0.1, -0.05) is 6.58 Å². The van der Waals surface area contributed by atoms with Crippen LogP contribution in [0.5, 0.6) is 0 Å². The summed E-state index contributed by atoms with van der Waals surface area (Å²) in [6.07, 6.45) is 0. The number of aliphatic hydroxyl groups excluding tert-OH is 1. The van der Waals surface area contributed by atoms with Crippen LogP contribution in [-0.2, 0) is 13.3 Å². The van der Waals surface area contributed by atoms with Crippen molar-refractivity contribution in [2.75, 3.05) is 27.4 Å². The van der Waals surface area contributed by atoms with Gasteiger partial charge in [-0.05, 0) is 5.70 Å². The van der Waals surface area contributed by atoms with Crippen LogP contribution in [0.4, 0.5) is 0 Å². The van der Waals surface area contributed by atoms with E-state index < -0.39 is 8.80 Å². The summed E-state index contributed by atoms with van der Waals surface area (Å²) in [5.41, 5.74) is 1.52. The second-order valence-corrected chi connectivity index (χ2v) is 4.51. The van der Waals surface area contributed by atoms with Gasteiger partial charge in [0, 0.05) is 14.2 Å². The van der Waals surface area contributed by atoms with Crippen molar-refractivity contribution in [3.63, 3.8) is 0 Å². The first kappa shape index (κ1) is 10.8. The van der Waals surface area contributed by atoms with Crippen molar-refractivity contribution in [1.82, 2.24) is 0 Å². The molecule has 0 atom stereocenters. The van der Waals surface area contributed by atoms with Gasteiger partial charge in [-0.25, -0.2) is 0 Å². The molecule has 0 fully saturated rings. The average molecular weight is 178 g/mol. The fourth-order valence-electron chi connectivity index (χ4n) is 0.615. The van der Waals surface area contributed by atoms with Crippen LogP contribution in [0, 0.1) is 0 Å². The maximum Gasteiger partial charge on any atom is 0.528 e. The first-order chi connectivity index (χ1) is 5.24. The van der Waals surface area contributed by atoms with Crippen molar-refractivity contribution in [3.8, 4) is 0 Å². The van der Waals surface area contributed by atoms with Gasteiger partial charge in [0.2, 0.25) is 0 Å². The molecule has 0 aliphatic heterocycles. The molecule has 4 nitrogen and oxygen atoms in total. The monoisotopic (exact) mass is 178 g/mol. The van der Waals surface area contributed by atoms with E-state index in [9.17, 15) is 0 Å². The molecule has 0 aliphatic carbocycles. The maximum atomic E-state index is 8.47. The van der Waals surface area contributed by atoms with E-state index in [1.165, 1.54) is 19.9 Å². The summed E-state index contributed by atoms with van der Waals surface area (Å²) >= 11 is 0. The Labute approximate surface area is 67.8 Å². The summed E-state index contributed by atoms with van der Waals surface area (Å²) in [5, 5.41) is 8.47. The Hall–Kier alpha value is -0.203. The van der Waals surface area contributed by atoms with Gasteiger partial charge in [0.1, 0.15) is 0 Å². The quantitative estimate of drug-likeness (QED) is 0.579. The molecule has 5 heteroatoms. The molecule has 0 amide bonds. The smallest absolute Gasteiger partial charge is 0.394 e. The van der Waals surface area contributed by atoms with Crippen LogP contribution in [-0.4, -0.2) is 41.3 Å². The van der Waals surface area contributed by atoms with E-state index in [4.69, 9.17) is 18.4 Å². The van der Waals surface area contributed by atoms with E-state index in [2.05, 4.69) is 6.58 Å². The molecule has 0 saturated carbocycles. The summed E-state index contributed by atoms with van der Waals surface area (Å²) in [6, 6.07) is 0. The largest absolute Gasteiger partial charge is 0.528 e. The lowest BCUT2D eigenvalue weighted by Crippen LogP contribution is -2.42. The maximum absolute atomic E-state index is 8.47. The molecule has 11 heavy (non-hydrogen) atoms. The third-order valence-electron chi connectivity index (χ3n) is 1.21. The normalized spacial score (nSPS) is 11.5. The Morgan fingerprint density at radius 2 is 2.00 bits per heavy atom. The summed E-state index contributed by atoms with van der Waals surface area (Å²) < 4.78 is 15.2. The first-order valence-corrected chi connectivity index (χ1v) is 5.03. The SMILES string of the molecule is C=C[Si](OC)(OC)OCCO. The lowest BCUT2D eigenvalue weighted by atomic mass is 10.8. The molecule has 0 radical (unpaired) electrons. The fourth-order valence-corrected chi connectivity index (χ4v) is 1.84. The highest BCUT2D eigenvalue weighted by Crippen LogP contribution is 2.07. The summed E-state index contributed by atoms with van der Waals surface area (Å²) in [4.78, 5) is 0. The topological polar surface area (TPSA) is 47.9 Å². The average Bonchev–Trinajstić information content (AvgIpc) is 2.08. The molecule has 0 aromatic carbocycles. The van der Waals surface area contributed by atoms with Crippen molar-refractivity contribution in [1.29, 1.82) is 0 Å². The Morgan fingerprint density at radius 1 is 1.45 bits per heavy atom. The highest BCUT2D eigenvalue weighted by atomic mass is 28.4. The molecule has 0 aromatic heterocycles. The first-order valence-electron chi connectivity index (χ1n) is 3.23. The van der Waals surface area contributed by atoms with Crippen LogP contribution in [0.25, 0.3) is 0 Å². The van der Waals surface area contributed by atoms with Gasteiger partial charge in [-0.15, -0.1) is 0 Å². The molecular weight excluding hydrogens is 164 g/mol. The second kappa shape index (κ2) is 5.45. The van der Waals surface area contributed by atoms with Crippen LogP contribution in [0.2, 0.25) is 0 Å². The second-order valence-electron chi connectivity index (χ2n) is 1.79. The molecule has 1 N–H and O–H groups in total. The summed E-state index contributed by atoms with van der Waals surface area (Å²) in [6.45, 7) is 3.69. The van der Waals surface area contributed by atoms with Crippen LogP contribution < -0.4 is 0 Å². The van der Waals surface area contributed by atoms with Gasteiger partial charge in [0.25, 0.3) is 0 Å². The standard InChI is InChI=1S/C6H14O4Si/c1-4-11(8-2,9-3)10-6-5-7/h4,7H,1,5-6H2,2-3H3. The van der Waals surface area contributed by atoms with Crippen molar-refractivity contribution < 1.29 is 18.4 Å². The van der Waals surface area contributed by atoms with Crippen LogP contribution in [0.3, 0.4) is 0 Å². The summed E-state index contributed by atoms with van der Waals surface area (Å²) in [7, 11) is 0.355. The predicted octanol–water partition coefficient (Wildman–Crippen LogP) is -0.0478. The van der Waals surface area contributed by atoms with Crippen molar-refractivity contribution >= 4 is 8.80 Å².